The van der Waals surface area contributed by atoms with Crippen LogP contribution < -0.4 is 5.32 Å². The highest BCUT2D eigenvalue weighted by Crippen LogP contribution is 2.40. The average Bonchev–Trinajstić information content (AvgIpc) is 2.65. The van der Waals surface area contributed by atoms with Crippen LogP contribution in [0.15, 0.2) is 42.0 Å². The fraction of sp³-hybridized carbons (Fsp3) is 0.320. The van der Waals surface area contributed by atoms with Crippen LogP contribution in [0.1, 0.15) is 68.6 Å². The molecule has 0 aliphatic carbocycles. The number of aromatic hydroxyl groups is 1. The summed E-state index contributed by atoms with van der Waals surface area (Å²) < 4.78 is 0. The molecular weight excluding hydrogens is 392 g/mol. The highest BCUT2D eigenvalue weighted by molar-refractivity contribution is 6.10. The third kappa shape index (κ3) is 5.73. The van der Waals surface area contributed by atoms with Crippen molar-refractivity contribution in [1.29, 1.82) is 5.26 Å². The Labute approximate surface area is 182 Å². The summed E-state index contributed by atoms with van der Waals surface area (Å²) in [7, 11) is 0. The summed E-state index contributed by atoms with van der Waals surface area (Å²) in [6.45, 7) is 11.9. The normalized spacial score (nSPS) is 12.2. The first-order valence-corrected chi connectivity index (χ1v) is 9.88. The van der Waals surface area contributed by atoms with Crippen LogP contribution in [0.4, 0.5) is 5.69 Å². The number of carboxylic acid groups (broad SMARTS) is 1. The SMILES string of the molecule is CC(C)(C)c1cc(C=C(C#N)C(=O)Nc2cccc(C(=O)O)c2)cc(C(C)(C)C)c1O. The van der Waals surface area contributed by atoms with E-state index in [9.17, 15) is 20.0 Å². The van der Waals surface area contributed by atoms with E-state index >= 15 is 0 Å². The Hall–Kier alpha value is -3.59. The van der Waals surface area contributed by atoms with Gasteiger partial charge in [-0.2, -0.15) is 5.26 Å². The molecule has 1 amide bonds. The predicted molar refractivity (Wildman–Crippen MR) is 121 cm³/mol. The van der Waals surface area contributed by atoms with Gasteiger partial charge in [-0.15, -0.1) is 0 Å². The number of carbonyl (C=O) groups is 2. The number of carbonyl (C=O) groups excluding carboxylic acids is 1. The molecule has 0 aliphatic rings. The first-order valence-electron chi connectivity index (χ1n) is 9.88. The number of carboxylic acids is 1. The van der Waals surface area contributed by atoms with Crippen LogP contribution in [0, 0.1) is 11.3 Å². The molecule has 2 aromatic rings. The van der Waals surface area contributed by atoms with E-state index in [-0.39, 0.29) is 33.4 Å². The number of nitrogens with one attached hydrogen (secondary N) is 1. The molecule has 2 rings (SSSR count). The van der Waals surface area contributed by atoms with Crippen LogP contribution >= 0.6 is 0 Å². The molecule has 0 atom stereocenters. The number of anilines is 1. The fourth-order valence-corrected chi connectivity index (χ4v) is 3.13. The van der Waals surface area contributed by atoms with Crippen LogP contribution in [0.2, 0.25) is 0 Å². The molecule has 0 aromatic heterocycles. The molecular formula is C25H28N2O4. The molecule has 0 saturated carbocycles. The summed E-state index contributed by atoms with van der Waals surface area (Å²) in [6, 6.07) is 11.3. The molecule has 6 nitrogen and oxygen atoms in total. The van der Waals surface area contributed by atoms with Crippen molar-refractivity contribution in [3.63, 3.8) is 0 Å². The largest absolute Gasteiger partial charge is 0.507 e. The maximum atomic E-state index is 12.7. The number of phenols is 1. The third-order valence-electron chi connectivity index (χ3n) is 4.79. The number of hydrogen-bond donors (Lipinski definition) is 3. The van der Waals surface area contributed by atoms with Crippen LogP contribution in [0.3, 0.4) is 0 Å². The van der Waals surface area contributed by atoms with Crippen LogP contribution in [-0.4, -0.2) is 22.1 Å². The number of aromatic carboxylic acids is 1. The second kappa shape index (κ2) is 8.65. The lowest BCUT2D eigenvalue weighted by Gasteiger charge is -2.28. The number of amides is 1. The molecule has 0 bridgehead atoms. The van der Waals surface area contributed by atoms with Gasteiger partial charge in [0.25, 0.3) is 5.91 Å². The zero-order valence-electron chi connectivity index (χ0n) is 18.7. The van der Waals surface area contributed by atoms with E-state index in [2.05, 4.69) is 5.32 Å². The van der Waals surface area contributed by atoms with Gasteiger partial charge in [0.2, 0.25) is 0 Å². The van der Waals surface area contributed by atoms with Crippen molar-refractivity contribution in [2.45, 2.75) is 52.4 Å². The lowest BCUT2D eigenvalue weighted by molar-refractivity contribution is -0.112. The lowest BCUT2D eigenvalue weighted by Crippen LogP contribution is -2.18. The van der Waals surface area contributed by atoms with E-state index in [0.717, 1.165) is 11.1 Å². The van der Waals surface area contributed by atoms with Crippen molar-refractivity contribution in [3.8, 4) is 11.8 Å². The van der Waals surface area contributed by atoms with Crippen LogP contribution in [0.25, 0.3) is 6.08 Å². The van der Waals surface area contributed by atoms with Gasteiger partial charge in [0.15, 0.2) is 0 Å². The Morgan fingerprint density at radius 2 is 1.55 bits per heavy atom. The van der Waals surface area contributed by atoms with Gasteiger partial charge in [-0.25, -0.2) is 4.79 Å². The number of rotatable bonds is 4. The molecule has 0 fully saturated rings. The Balaban J connectivity index is 2.50. The standard InChI is InChI=1S/C25H28N2O4/c1-24(2,3)19-11-15(12-20(21(19)28)25(4,5)6)10-17(14-26)22(29)27-18-9-7-8-16(13-18)23(30)31/h7-13,28H,1-6H3,(H,27,29)(H,30,31). The van der Waals surface area contributed by atoms with Gasteiger partial charge < -0.3 is 15.5 Å². The maximum absolute atomic E-state index is 12.7. The second-order valence-corrected chi connectivity index (χ2v) is 9.47. The summed E-state index contributed by atoms with van der Waals surface area (Å²) in [6.07, 6.45) is 1.47. The van der Waals surface area contributed by atoms with E-state index in [1.165, 1.54) is 24.3 Å². The van der Waals surface area contributed by atoms with E-state index in [0.29, 0.717) is 5.56 Å². The maximum Gasteiger partial charge on any atom is 0.335 e. The smallest absolute Gasteiger partial charge is 0.335 e. The van der Waals surface area contributed by atoms with Crippen molar-refractivity contribution in [2.75, 3.05) is 5.32 Å². The molecule has 31 heavy (non-hydrogen) atoms. The van der Waals surface area contributed by atoms with Gasteiger partial charge in [-0.1, -0.05) is 47.6 Å². The predicted octanol–water partition coefficient (Wildman–Crippen LogP) is 5.23. The topological polar surface area (TPSA) is 110 Å². The molecule has 0 radical (unpaired) electrons. The molecule has 2 aromatic carbocycles. The third-order valence-corrected chi connectivity index (χ3v) is 4.79. The van der Waals surface area contributed by atoms with Gasteiger partial charge >= 0.3 is 5.97 Å². The van der Waals surface area contributed by atoms with Crippen LogP contribution in [0.5, 0.6) is 5.75 Å². The van der Waals surface area contributed by atoms with Crippen molar-refractivity contribution < 1.29 is 19.8 Å². The molecule has 0 aliphatic heterocycles. The molecule has 3 N–H and O–H groups in total. The monoisotopic (exact) mass is 420 g/mol. The summed E-state index contributed by atoms with van der Waals surface area (Å²) >= 11 is 0. The lowest BCUT2D eigenvalue weighted by atomic mass is 9.78. The van der Waals surface area contributed by atoms with Gasteiger partial charge in [0.1, 0.15) is 17.4 Å². The van der Waals surface area contributed by atoms with Gasteiger partial charge in [-0.3, -0.25) is 4.79 Å². The average molecular weight is 421 g/mol. The fourth-order valence-electron chi connectivity index (χ4n) is 3.13. The second-order valence-electron chi connectivity index (χ2n) is 9.47. The van der Waals surface area contributed by atoms with Crippen LogP contribution in [-0.2, 0) is 15.6 Å². The molecule has 0 spiro atoms. The zero-order chi connectivity index (χ0) is 23.6. The number of phenolic OH excluding ortho intramolecular Hbond substituents is 1. The van der Waals surface area contributed by atoms with Gasteiger partial charge in [0, 0.05) is 16.8 Å². The van der Waals surface area contributed by atoms with Crippen molar-refractivity contribution in [1.82, 2.24) is 0 Å². The number of hydrogen-bond acceptors (Lipinski definition) is 4. The Bertz CT molecular complexity index is 1060. The number of benzene rings is 2. The molecule has 0 heterocycles. The van der Waals surface area contributed by atoms with E-state index < -0.39 is 11.9 Å². The Morgan fingerprint density at radius 1 is 1.00 bits per heavy atom. The summed E-state index contributed by atoms with van der Waals surface area (Å²) in [5, 5.41) is 32.1. The molecule has 0 saturated heterocycles. The van der Waals surface area contributed by atoms with Crippen molar-refractivity contribution >= 4 is 23.6 Å². The van der Waals surface area contributed by atoms with Gasteiger partial charge in [0.05, 0.1) is 5.56 Å². The van der Waals surface area contributed by atoms with E-state index in [1.54, 1.807) is 18.2 Å². The highest BCUT2D eigenvalue weighted by atomic mass is 16.4. The van der Waals surface area contributed by atoms with Crippen molar-refractivity contribution in [2.24, 2.45) is 0 Å². The van der Waals surface area contributed by atoms with Crippen molar-refractivity contribution in [3.05, 3.63) is 64.2 Å². The Kier molecular flexibility index (Phi) is 6.61. The first kappa shape index (κ1) is 23.7. The summed E-state index contributed by atoms with van der Waals surface area (Å²) in [5.41, 5.74) is 1.55. The quantitative estimate of drug-likeness (QED) is 0.463. The number of nitriles is 1. The number of nitrogens with zero attached hydrogens (tertiary/aromatic N) is 1. The zero-order valence-corrected chi connectivity index (χ0v) is 18.7. The first-order chi connectivity index (χ1) is 14.2. The minimum absolute atomic E-state index is 0.0310. The van der Waals surface area contributed by atoms with E-state index in [4.69, 9.17) is 5.11 Å². The molecule has 6 heteroatoms. The highest BCUT2D eigenvalue weighted by Gasteiger charge is 2.26. The summed E-state index contributed by atoms with van der Waals surface area (Å²) in [4.78, 5) is 23.8. The minimum atomic E-state index is -1.11. The summed E-state index contributed by atoms with van der Waals surface area (Å²) in [5.74, 6) is -1.54. The minimum Gasteiger partial charge on any atom is -0.507 e. The van der Waals surface area contributed by atoms with E-state index in [1.807, 2.05) is 47.6 Å². The Morgan fingerprint density at radius 3 is 2.00 bits per heavy atom. The molecule has 0 unspecified atom stereocenters. The molecule has 162 valence electrons. The van der Waals surface area contributed by atoms with Gasteiger partial charge in [-0.05, 0) is 52.8 Å².